The molecule has 0 aliphatic carbocycles. The summed E-state index contributed by atoms with van der Waals surface area (Å²) < 4.78 is 18.9. The molecule has 166 valence electrons. The van der Waals surface area contributed by atoms with Crippen LogP contribution < -0.4 is 15.2 Å². The molecule has 1 fully saturated rings. The molecule has 9 heteroatoms. The average molecular weight is 435 g/mol. The third-order valence-corrected chi connectivity index (χ3v) is 5.73. The van der Waals surface area contributed by atoms with Crippen LogP contribution in [0.2, 0.25) is 0 Å². The fraction of sp³-hybridized carbons (Fsp3) is 0.348. The Balaban J connectivity index is 1.43. The van der Waals surface area contributed by atoms with Crippen molar-refractivity contribution in [2.75, 3.05) is 52.3 Å². The second-order valence-electron chi connectivity index (χ2n) is 7.73. The summed E-state index contributed by atoms with van der Waals surface area (Å²) in [5.41, 5.74) is 7.05. The quantitative estimate of drug-likeness (QED) is 0.350. The molecule has 9 nitrogen and oxygen atoms in total. The SMILES string of the molecule is COc1cc2c(cc1OCCCN1CCOCC1)ncc1c(N)nc(-n3ccnc3)cc12. The molecule has 4 aromatic rings. The first-order valence-electron chi connectivity index (χ1n) is 10.7. The van der Waals surface area contributed by atoms with E-state index >= 15 is 0 Å². The third-order valence-electron chi connectivity index (χ3n) is 5.73. The molecule has 2 N–H and O–H groups in total. The van der Waals surface area contributed by atoms with Gasteiger partial charge in [-0.1, -0.05) is 0 Å². The Morgan fingerprint density at radius 1 is 1.09 bits per heavy atom. The monoisotopic (exact) mass is 434 g/mol. The number of fused-ring (bicyclic) bond motifs is 3. The van der Waals surface area contributed by atoms with Crippen molar-refractivity contribution in [2.24, 2.45) is 0 Å². The van der Waals surface area contributed by atoms with Crippen LogP contribution in [0.15, 0.2) is 43.1 Å². The maximum Gasteiger partial charge on any atom is 0.163 e. The van der Waals surface area contributed by atoms with E-state index in [-0.39, 0.29) is 0 Å². The van der Waals surface area contributed by atoms with Gasteiger partial charge in [-0.3, -0.25) is 14.5 Å². The Kier molecular flexibility index (Phi) is 5.74. The highest BCUT2D eigenvalue weighted by Gasteiger charge is 2.14. The van der Waals surface area contributed by atoms with Crippen LogP contribution in [0, 0.1) is 0 Å². The normalized spacial score (nSPS) is 14.8. The molecule has 32 heavy (non-hydrogen) atoms. The Labute approximate surface area is 185 Å². The molecule has 1 aliphatic heterocycles. The van der Waals surface area contributed by atoms with Crippen LogP contribution >= 0.6 is 0 Å². The molecule has 0 spiro atoms. The zero-order valence-corrected chi connectivity index (χ0v) is 18.0. The minimum atomic E-state index is 0.419. The molecule has 0 amide bonds. The van der Waals surface area contributed by atoms with Crippen LogP contribution in [-0.2, 0) is 4.74 Å². The predicted octanol–water partition coefficient (Wildman–Crippen LogP) is 2.66. The fourth-order valence-corrected chi connectivity index (χ4v) is 4.02. The van der Waals surface area contributed by atoms with Gasteiger partial charge in [0.15, 0.2) is 11.5 Å². The first-order chi connectivity index (χ1) is 15.7. The number of aromatic nitrogens is 4. The zero-order valence-electron chi connectivity index (χ0n) is 18.0. The van der Waals surface area contributed by atoms with Gasteiger partial charge in [0.05, 0.1) is 32.4 Å². The molecular formula is C23H26N6O3. The average Bonchev–Trinajstić information content (AvgIpc) is 3.37. The highest BCUT2D eigenvalue weighted by molar-refractivity contribution is 6.09. The van der Waals surface area contributed by atoms with Crippen molar-refractivity contribution in [3.8, 4) is 17.3 Å². The van der Waals surface area contributed by atoms with Gasteiger partial charge in [0.2, 0.25) is 0 Å². The lowest BCUT2D eigenvalue weighted by Crippen LogP contribution is -2.37. The number of nitrogen functional groups attached to an aromatic ring is 1. The second-order valence-corrected chi connectivity index (χ2v) is 7.73. The van der Waals surface area contributed by atoms with Gasteiger partial charge in [-0.25, -0.2) is 9.97 Å². The maximum atomic E-state index is 6.24. The minimum absolute atomic E-state index is 0.419. The summed E-state index contributed by atoms with van der Waals surface area (Å²) in [6.45, 7) is 5.17. The van der Waals surface area contributed by atoms with Crippen molar-refractivity contribution < 1.29 is 14.2 Å². The highest BCUT2D eigenvalue weighted by atomic mass is 16.5. The number of nitrogens with zero attached hydrogens (tertiary/aromatic N) is 5. The van der Waals surface area contributed by atoms with Gasteiger partial charge in [-0.15, -0.1) is 0 Å². The topological polar surface area (TPSA) is 101 Å². The van der Waals surface area contributed by atoms with Crippen LogP contribution in [0.3, 0.4) is 0 Å². The number of imidazole rings is 1. The van der Waals surface area contributed by atoms with Gasteiger partial charge < -0.3 is 19.9 Å². The first-order valence-corrected chi connectivity index (χ1v) is 10.7. The van der Waals surface area contributed by atoms with Crippen molar-refractivity contribution in [3.05, 3.63) is 43.1 Å². The smallest absolute Gasteiger partial charge is 0.163 e. The number of hydrogen-bond donors (Lipinski definition) is 1. The van der Waals surface area contributed by atoms with Gasteiger partial charge >= 0.3 is 0 Å². The fourth-order valence-electron chi connectivity index (χ4n) is 4.02. The molecule has 1 aromatic carbocycles. The van der Waals surface area contributed by atoms with E-state index < -0.39 is 0 Å². The van der Waals surface area contributed by atoms with Crippen LogP contribution in [0.25, 0.3) is 27.5 Å². The number of anilines is 1. The van der Waals surface area contributed by atoms with Crippen molar-refractivity contribution in [2.45, 2.75) is 6.42 Å². The molecule has 0 bridgehead atoms. The number of pyridine rings is 2. The van der Waals surface area contributed by atoms with E-state index in [9.17, 15) is 0 Å². The molecule has 3 aromatic heterocycles. The highest BCUT2D eigenvalue weighted by Crippen LogP contribution is 2.36. The summed E-state index contributed by atoms with van der Waals surface area (Å²) in [4.78, 5) is 15.6. The number of nitrogens with two attached hydrogens (primary N) is 1. The summed E-state index contributed by atoms with van der Waals surface area (Å²) in [5, 5.41) is 2.67. The second kappa shape index (κ2) is 8.97. The van der Waals surface area contributed by atoms with Crippen LogP contribution in [-0.4, -0.2) is 71.0 Å². The van der Waals surface area contributed by atoms with Gasteiger partial charge in [-0.2, -0.15) is 0 Å². The van der Waals surface area contributed by atoms with E-state index in [4.69, 9.17) is 19.9 Å². The molecule has 0 radical (unpaired) electrons. The Hall–Kier alpha value is -3.43. The summed E-state index contributed by atoms with van der Waals surface area (Å²) in [7, 11) is 1.65. The first kappa shape index (κ1) is 20.5. The van der Waals surface area contributed by atoms with Crippen molar-refractivity contribution in [1.82, 2.24) is 24.4 Å². The number of hydrogen-bond acceptors (Lipinski definition) is 8. The third kappa shape index (κ3) is 4.04. The molecule has 4 heterocycles. The lowest BCUT2D eigenvalue weighted by molar-refractivity contribution is 0.0357. The lowest BCUT2D eigenvalue weighted by atomic mass is 10.1. The van der Waals surface area contributed by atoms with Gasteiger partial charge in [0, 0.05) is 60.4 Å². The molecule has 0 unspecified atom stereocenters. The molecule has 0 atom stereocenters. The van der Waals surface area contributed by atoms with E-state index in [0.29, 0.717) is 29.7 Å². The molecular weight excluding hydrogens is 408 g/mol. The van der Waals surface area contributed by atoms with Crippen molar-refractivity contribution >= 4 is 27.5 Å². The van der Waals surface area contributed by atoms with Crippen molar-refractivity contribution in [1.29, 1.82) is 0 Å². The summed E-state index contributed by atoms with van der Waals surface area (Å²) >= 11 is 0. The van der Waals surface area contributed by atoms with E-state index in [0.717, 1.165) is 60.9 Å². The lowest BCUT2D eigenvalue weighted by Gasteiger charge is -2.26. The van der Waals surface area contributed by atoms with E-state index in [1.807, 2.05) is 29.0 Å². The Morgan fingerprint density at radius 3 is 2.75 bits per heavy atom. The number of methoxy groups -OCH3 is 1. The zero-order chi connectivity index (χ0) is 21.9. The summed E-state index contributed by atoms with van der Waals surface area (Å²) in [6, 6.07) is 5.87. The molecule has 0 saturated carbocycles. The van der Waals surface area contributed by atoms with Crippen LogP contribution in [0.4, 0.5) is 5.82 Å². The molecule has 5 rings (SSSR count). The van der Waals surface area contributed by atoms with Crippen LogP contribution in [0.1, 0.15) is 6.42 Å². The van der Waals surface area contributed by atoms with Gasteiger partial charge in [0.1, 0.15) is 18.0 Å². The minimum Gasteiger partial charge on any atom is -0.493 e. The van der Waals surface area contributed by atoms with E-state index in [1.54, 1.807) is 25.8 Å². The molecule has 1 aliphatic rings. The number of morpholine rings is 1. The molecule has 1 saturated heterocycles. The van der Waals surface area contributed by atoms with Crippen molar-refractivity contribution in [3.63, 3.8) is 0 Å². The number of rotatable bonds is 7. The van der Waals surface area contributed by atoms with E-state index in [2.05, 4.69) is 19.9 Å². The predicted molar refractivity (Wildman–Crippen MR) is 123 cm³/mol. The van der Waals surface area contributed by atoms with Gasteiger partial charge in [0.25, 0.3) is 0 Å². The number of benzene rings is 1. The largest absolute Gasteiger partial charge is 0.493 e. The maximum absolute atomic E-state index is 6.24. The Bertz CT molecular complexity index is 1220. The number of ether oxygens (including phenoxy) is 3. The summed E-state index contributed by atoms with van der Waals surface area (Å²) in [6.07, 6.45) is 7.93. The van der Waals surface area contributed by atoms with Crippen LogP contribution in [0.5, 0.6) is 11.5 Å². The van der Waals surface area contributed by atoms with Gasteiger partial charge in [-0.05, 0) is 18.6 Å². The standard InChI is InChI=1S/C23H26N6O3/c1-30-20-11-17-16-12-22(29-5-3-25-15-29)27-23(24)18(16)14-26-19(17)13-21(20)32-8-2-4-28-6-9-31-10-7-28/h3,5,11-15H,2,4,6-10H2,1H3,(H2,24,27). The van der Waals surface area contributed by atoms with E-state index in [1.165, 1.54) is 0 Å². The summed E-state index contributed by atoms with van der Waals surface area (Å²) in [5.74, 6) is 2.47. The Morgan fingerprint density at radius 2 is 1.97 bits per heavy atom.